The lowest BCUT2D eigenvalue weighted by Crippen LogP contribution is -2.37. The molecule has 0 aliphatic heterocycles. The number of halogens is 2. The molecule has 3 rings (SSSR count). The van der Waals surface area contributed by atoms with Crippen LogP contribution in [0.1, 0.15) is 16.8 Å². The van der Waals surface area contributed by atoms with Crippen LogP contribution in [0, 0.1) is 12.7 Å². The van der Waals surface area contributed by atoms with E-state index in [2.05, 4.69) is 51.8 Å². The first-order valence-corrected chi connectivity index (χ1v) is 8.84. The summed E-state index contributed by atoms with van der Waals surface area (Å²) in [6.45, 7) is 3.45. The summed E-state index contributed by atoms with van der Waals surface area (Å²) in [5, 5.41) is 6.55. The van der Waals surface area contributed by atoms with E-state index in [1.807, 2.05) is 0 Å². The summed E-state index contributed by atoms with van der Waals surface area (Å²) in [4.78, 5) is 8.67. The fourth-order valence-corrected chi connectivity index (χ4v) is 2.57. The molecule has 7 heteroatoms. The summed E-state index contributed by atoms with van der Waals surface area (Å²) in [5.41, 5.74) is 4.03. The Bertz CT molecular complexity index is 892. The van der Waals surface area contributed by atoms with E-state index in [1.54, 1.807) is 25.4 Å². The lowest BCUT2D eigenvalue weighted by atomic mass is 10.1. The monoisotopic (exact) mass is 494 g/mol. The van der Waals surface area contributed by atoms with Gasteiger partial charge in [0.15, 0.2) is 5.96 Å². The number of guanidine groups is 1. The first-order chi connectivity index (χ1) is 13.1. The van der Waals surface area contributed by atoms with Crippen LogP contribution in [0.5, 0.6) is 0 Å². The van der Waals surface area contributed by atoms with Crippen molar-refractivity contribution < 1.29 is 8.81 Å². The number of hydrogen-bond acceptors (Lipinski definition) is 3. The Labute approximate surface area is 181 Å². The average molecular weight is 494 g/mol. The molecule has 0 unspecified atom stereocenters. The van der Waals surface area contributed by atoms with Crippen LogP contribution in [0.4, 0.5) is 4.39 Å². The first-order valence-electron chi connectivity index (χ1n) is 8.84. The average Bonchev–Trinajstić information content (AvgIpc) is 3.15. The van der Waals surface area contributed by atoms with Gasteiger partial charge in [0.05, 0.1) is 5.69 Å². The van der Waals surface area contributed by atoms with Gasteiger partial charge in [-0.2, -0.15) is 0 Å². The SMILES string of the molecule is CN=C(NCCc1coc(-c2ccc(F)cc2)n1)NCc1ccc(C)cc1.I. The zero-order valence-electron chi connectivity index (χ0n) is 15.9. The van der Waals surface area contributed by atoms with Gasteiger partial charge in [-0.15, -0.1) is 24.0 Å². The van der Waals surface area contributed by atoms with Gasteiger partial charge in [0, 0.05) is 32.1 Å². The third kappa shape index (κ3) is 6.33. The van der Waals surface area contributed by atoms with Crippen molar-refractivity contribution >= 4 is 29.9 Å². The molecule has 2 aromatic carbocycles. The number of oxazole rings is 1. The molecule has 5 nitrogen and oxygen atoms in total. The van der Waals surface area contributed by atoms with Gasteiger partial charge >= 0.3 is 0 Å². The van der Waals surface area contributed by atoms with Crippen LogP contribution in [0.3, 0.4) is 0 Å². The molecule has 1 aromatic heterocycles. The number of benzene rings is 2. The fourth-order valence-electron chi connectivity index (χ4n) is 2.57. The standard InChI is InChI=1S/C21H23FN4O.HI/c1-15-3-5-16(6-4-15)13-25-21(23-2)24-12-11-19-14-27-20(26-19)17-7-9-18(22)10-8-17;/h3-10,14H,11-13H2,1-2H3,(H2,23,24,25);1H. The molecule has 0 saturated carbocycles. The van der Waals surface area contributed by atoms with E-state index in [-0.39, 0.29) is 29.8 Å². The molecule has 2 N–H and O–H groups in total. The zero-order valence-corrected chi connectivity index (χ0v) is 18.2. The molecular weight excluding hydrogens is 470 g/mol. The molecule has 0 bridgehead atoms. The second kappa shape index (κ2) is 10.8. The quantitative estimate of drug-likeness (QED) is 0.305. The predicted octanol–water partition coefficient (Wildman–Crippen LogP) is 4.31. The third-order valence-corrected chi connectivity index (χ3v) is 4.12. The highest BCUT2D eigenvalue weighted by molar-refractivity contribution is 14.0. The van der Waals surface area contributed by atoms with Crippen molar-refractivity contribution in [3.8, 4) is 11.5 Å². The fraction of sp³-hybridized carbons (Fsp3) is 0.238. The van der Waals surface area contributed by atoms with Gasteiger partial charge in [-0.25, -0.2) is 9.37 Å². The Morgan fingerprint density at radius 3 is 2.46 bits per heavy atom. The van der Waals surface area contributed by atoms with Gasteiger partial charge in [-0.1, -0.05) is 29.8 Å². The molecular formula is C21H24FIN4O. The maximum atomic E-state index is 13.0. The minimum atomic E-state index is -0.278. The van der Waals surface area contributed by atoms with E-state index in [1.165, 1.54) is 23.3 Å². The van der Waals surface area contributed by atoms with E-state index in [0.717, 1.165) is 17.2 Å². The summed E-state index contributed by atoms with van der Waals surface area (Å²) in [6.07, 6.45) is 2.32. The van der Waals surface area contributed by atoms with Gasteiger partial charge in [-0.05, 0) is 36.8 Å². The Kier molecular flexibility index (Phi) is 8.43. The first kappa shape index (κ1) is 21.9. The molecule has 0 atom stereocenters. The van der Waals surface area contributed by atoms with Crippen LogP contribution < -0.4 is 10.6 Å². The number of aliphatic imine (C=N–C) groups is 1. The summed E-state index contributed by atoms with van der Waals surface area (Å²) in [6, 6.07) is 14.5. The molecule has 0 amide bonds. The second-order valence-corrected chi connectivity index (χ2v) is 6.24. The molecule has 0 fully saturated rings. The van der Waals surface area contributed by atoms with Crippen molar-refractivity contribution in [3.63, 3.8) is 0 Å². The Balaban J connectivity index is 0.00000280. The number of nitrogens with zero attached hydrogens (tertiary/aromatic N) is 2. The van der Waals surface area contributed by atoms with E-state index >= 15 is 0 Å². The number of aryl methyl sites for hydroxylation is 1. The minimum Gasteiger partial charge on any atom is -0.444 e. The Hall–Kier alpha value is -2.42. The number of nitrogens with one attached hydrogen (secondary N) is 2. The normalized spacial score (nSPS) is 11.0. The van der Waals surface area contributed by atoms with Crippen molar-refractivity contribution in [3.05, 3.63) is 77.4 Å². The number of rotatable bonds is 6. The molecule has 0 aliphatic carbocycles. The molecule has 0 aliphatic rings. The third-order valence-electron chi connectivity index (χ3n) is 4.12. The minimum absolute atomic E-state index is 0. The van der Waals surface area contributed by atoms with Crippen LogP contribution in [0.25, 0.3) is 11.5 Å². The van der Waals surface area contributed by atoms with Crippen molar-refractivity contribution in [2.45, 2.75) is 19.9 Å². The molecule has 148 valence electrons. The lowest BCUT2D eigenvalue weighted by molar-refractivity contribution is 0.571. The van der Waals surface area contributed by atoms with E-state index in [4.69, 9.17) is 4.42 Å². The van der Waals surface area contributed by atoms with Crippen molar-refractivity contribution in [2.75, 3.05) is 13.6 Å². The van der Waals surface area contributed by atoms with Gasteiger partial charge in [0.2, 0.25) is 5.89 Å². The summed E-state index contributed by atoms with van der Waals surface area (Å²) >= 11 is 0. The van der Waals surface area contributed by atoms with Crippen LogP contribution in [-0.2, 0) is 13.0 Å². The smallest absolute Gasteiger partial charge is 0.226 e. The van der Waals surface area contributed by atoms with Crippen LogP contribution in [-0.4, -0.2) is 24.5 Å². The van der Waals surface area contributed by atoms with Crippen LogP contribution >= 0.6 is 24.0 Å². The summed E-state index contributed by atoms with van der Waals surface area (Å²) < 4.78 is 18.5. The number of hydrogen-bond donors (Lipinski definition) is 2. The largest absolute Gasteiger partial charge is 0.444 e. The highest BCUT2D eigenvalue weighted by Crippen LogP contribution is 2.18. The number of aromatic nitrogens is 1. The summed E-state index contributed by atoms with van der Waals surface area (Å²) in [5.74, 6) is 0.948. The maximum absolute atomic E-state index is 13.0. The molecule has 1 heterocycles. The van der Waals surface area contributed by atoms with E-state index in [9.17, 15) is 4.39 Å². The molecule has 0 radical (unpaired) electrons. The van der Waals surface area contributed by atoms with Crippen molar-refractivity contribution in [1.29, 1.82) is 0 Å². The molecule has 0 spiro atoms. The van der Waals surface area contributed by atoms with Crippen molar-refractivity contribution in [1.82, 2.24) is 15.6 Å². The second-order valence-electron chi connectivity index (χ2n) is 6.24. The van der Waals surface area contributed by atoms with E-state index in [0.29, 0.717) is 25.4 Å². The van der Waals surface area contributed by atoms with Gasteiger partial charge in [0.25, 0.3) is 0 Å². The molecule has 3 aromatic rings. The van der Waals surface area contributed by atoms with Crippen LogP contribution in [0.2, 0.25) is 0 Å². The van der Waals surface area contributed by atoms with Gasteiger partial charge < -0.3 is 15.1 Å². The Morgan fingerprint density at radius 1 is 1.07 bits per heavy atom. The Morgan fingerprint density at radius 2 is 1.79 bits per heavy atom. The van der Waals surface area contributed by atoms with Crippen LogP contribution in [0.15, 0.2) is 64.2 Å². The van der Waals surface area contributed by atoms with Gasteiger partial charge in [-0.3, -0.25) is 4.99 Å². The summed E-state index contributed by atoms with van der Waals surface area (Å²) in [7, 11) is 1.74. The topological polar surface area (TPSA) is 62.5 Å². The molecule has 28 heavy (non-hydrogen) atoms. The zero-order chi connectivity index (χ0) is 19.1. The van der Waals surface area contributed by atoms with Gasteiger partial charge in [0.1, 0.15) is 12.1 Å². The lowest BCUT2D eigenvalue weighted by Gasteiger charge is -2.11. The predicted molar refractivity (Wildman–Crippen MR) is 120 cm³/mol. The molecule has 0 saturated heterocycles. The maximum Gasteiger partial charge on any atom is 0.226 e. The highest BCUT2D eigenvalue weighted by atomic mass is 127. The van der Waals surface area contributed by atoms with Crippen molar-refractivity contribution in [2.24, 2.45) is 4.99 Å². The highest BCUT2D eigenvalue weighted by Gasteiger charge is 2.07. The van der Waals surface area contributed by atoms with E-state index < -0.39 is 0 Å².